The molecule has 5 nitrogen and oxygen atoms in total. The lowest BCUT2D eigenvalue weighted by Crippen LogP contribution is -2.39. The quantitative estimate of drug-likeness (QED) is 0.339. The van der Waals surface area contributed by atoms with Gasteiger partial charge in [-0.05, 0) is 37.0 Å². The van der Waals surface area contributed by atoms with Gasteiger partial charge >= 0.3 is 0 Å². The first-order valence-electron chi connectivity index (χ1n) is 8.67. The van der Waals surface area contributed by atoms with Crippen LogP contribution < -0.4 is 15.4 Å². The Morgan fingerprint density at radius 2 is 1.96 bits per heavy atom. The molecule has 144 valence electrons. The molecule has 0 spiro atoms. The van der Waals surface area contributed by atoms with Crippen molar-refractivity contribution in [1.29, 1.82) is 0 Å². The molecule has 2 N–H and O–H groups in total. The number of nitrogens with zero attached hydrogens (tertiary/aromatic N) is 2. The average Bonchev–Trinajstić information content (AvgIpc) is 3.09. The lowest BCUT2D eigenvalue weighted by Gasteiger charge is -2.12. The smallest absolute Gasteiger partial charge is 0.191 e. The zero-order valence-electron chi connectivity index (χ0n) is 16.0. The summed E-state index contributed by atoms with van der Waals surface area (Å²) in [6.07, 6.45) is 4.87. The number of aryl methyl sites for hydroxylation is 2. The number of aromatic nitrogens is 1. The van der Waals surface area contributed by atoms with Crippen molar-refractivity contribution in [3.05, 3.63) is 45.4 Å². The first kappa shape index (κ1) is 22.7. The molecule has 0 radical (unpaired) electrons. The summed E-state index contributed by atoms with van der Waals surface area (Å²) >= 11 is 1.79. The van der Waals surface area contributed by atoms with Gasteiger partial charge in [-0.15, -0.1) is 35.3 Å². The van der Waals surface area contributed by atoms with Crippen molar-refractivity contribution >= 4 is 41.3 Å². The zero-order valence-corrected chi connectivity index (χ0v) is 19.1. The van der Waals surface area contributed by atoms with Crippen molar-refractivity contribution in [3.8, 4) is 5.75 Å². The monoisotopic (exact) mass is 488 g/mol. The van der Waals surface area contributed by atoms with Crippen LogP contribution in [-0.2, 0) is 19.3 Å². The van der Waals surface area contributed by atoms with E-state index < -0.39 is 0 Å². The van der Waals surface area contributed by atoms with Gasteiger partial charge in [0.15, 0.2) is 5.96 Å². The topological polar surface area (TPSA) is 58.5 Å². The highest BCUT2D eigenvalue weighted by Gasteiger charge is 2.03. The summed E-state index contributed by atoms with van der Waals surface area (Å²) in [5, 5.41) is 7.87. The fraction of sp³-hybridized carbons (Fsp3) is 0.474. The number of nitrogens with one attached hydrogen (secondary N) is 2. The first-order chi connectivity index (χ1) is 12.2. The van der Waals surface area contributed by atoms with Crippen LogP contribution in [0.4, 0.5) is 0 Å². The molecule has 2 rings (SSSR count). The second-order valence-electron chi connectivity index (χ2n) is 5.80. The molecule has 7 heteroatoms. The summed E-state index contributed by atoms with van der Waals surface area (Å²) < 4.78 is 5.38. The van der Waals surface area contributed by atoms with Crippen molar-refractivity contribution in [2.24, 2.45) is 4.99 Å². The number of hydrogen-bond acceptors (Lipinski definition) is 4. The van der Waals surface area contributed by atoms with E-state index in [4.69, 9.17) is 4.74 Å². The fourth-order valence-electron chi connectivity index (χ4n) is 2.48. The maximum Gasteiger partial charge on any atom is 0.191 e. The minimum Gasteiger partial charge on any atom is -0.496 e. The molecular weight excluding hydrogens is 459 g/mol. The van der Waals surface area contributed by atoms with Gasteiger partial charge in [-0.2, -0.15) is 0 Å². The van der Waals surface area contributed by atoms with Crippen LogP contribution in [-0.4, -0.2) is 38.2 Å². The lowest BCUT2D eigenvalue weighted by molar-refractivity contribution is 0.411. The highest BCUT2D eigenvalue weighted by Crippen LogP contribution is 2.19. The van der Waals surface area contributed by atoms with Crippen molar-refractivity contribution in [2.75, 3.05) is 27.2 Å². The van der Waals surface area contributed by atoms with Gasteiger partial charge in [0.05, 0.1) is 12.1 Å². The van der Waals surface area contributed by atoms with Crippen molar-refractivity contribution in [3.63, 3.8) is 0 Å². The third-order valence-corrected chi connectivity index (χ3v) is 5.18. The van der Waals surface area contributed by atoms with Crippen LogP contribution in [0.2, 0.25) is 0 Å². The van der Waals surface area contributed by atoms with Gasteiger partial charge in [-0.25, -0.2) is 4.98 Å². The Morgan fingerprint density at radius 3 is 2.58 bits per heavy atom. The van der Waals surface area contributed by atoms with Gasteiger partial charge in [-0.3, -0.25) is 4.99 Å². The van der Waals surface area contributed by atoms with Gasteiger partial charge in [0.25, 0.3) is 0 Å². The van der Waals surface area contributed by atoms with Crippen LogP contribution in [0.3, 0.4) is 0 Å². The molecule has 2 aromatic rings. The van der Waals surface area contributed by atoms with E-state index in [-0.39, 0.29) is 24.0 Å². The van der Waals surface area contributed by atoms with E-state index in [0.29, 0.717) is 0 Å². The van der Waals surface area contributed by atoms with E-state index in [1.54, 1.807) is 25.5 Å². The van der Waals surface area contributed by atoms with E-state index in [0.717, 1.165) is 49.6 Å². The molecule has 1 heterocycles. The van der Waals surface area contributed by atoms with Crippen LogP contribution in [0, 0.1) is 6.92 Å². The normalized spacial score (nSPS) is 11.0. The van der Waals surface area contributed by atoms with E-state index in [9.17, 15) is 0 Å². The second kappa shape index (κ2) is 12.1. The molecule has 0 amide bonds. The van der Waals surface area contributed by atoms with E-state index in [1.807, 2.05) is 6.20 Å². The molecule has 0 saturated carbocycles. The molecule has 0 aliphatic carbocycles. The van der Waals surface area contributed by atoms with Crippen molar-refractivity contribution in [2.45, 2.75) is 33.1 Å². The Hall–Kier alpha value is -1.35. The number of thiazole rings is 1. The van der Waals surface area contributed by atoms with Gasteiger partial charge in [0, 0.05) is 37.6 Å². The maximum absolute atomic E-state index is 5.38. The molecule has 26 heavy (non-hydrogen) atoms. The van der Waals surface area contributed by atoms with Crippen molar-refractivity contribution in [1.82, 2.24) is 15.6 Å². The summed E-state index contributed by atoms with van der Waals surface area (Å²) in [7, 11) is 3.50. The molecule has 0 saturated heterocycles. The van der Waals surface area contributed by atoms with Gasteiger partial charge in [0.1, 0.15) is 5.75 Å². The number of hydrogen-bond donors (Lipinski definition) is 2. The van der Waals surface area contributed by atoms with Crippen LogP contribution in [0.1, 0.15) is 27.9 Å². The molecular formula is C19H29IN4OS. The molecule has 0 aliphatic heterocycles. The molecule has 0 unspecified atom stereocenters. The Labute approximate surface area is 177 Å². The zero-order chi connectivity index (χ0) is 18.1. The van der Waals surface area contributed by atoms with E-state index >= 15 is 0 Å². The summed E-state index contributed by atoms with van der Waals surface area (Å²) in [6.45, 7) is 5.86. The summed E-state index contributed by atoms with van der Waals surface area (Å²) in [5.41, 5.74) is 2.41. The third-order valence-electron chi connectivity index (χ3n) is 3.98. The first-order valence-corrected chi connectivity index (χ1v) is 9.49. The molecule has 0 fully saturated rings. The highest BCUT2D eigenvalue weighted by atomic mass is 127. The number of halogens is 1. The standard InChI is InChI=1S/C19H28N4OS.HI/c1-5-16-13-23-18(25-16)9-11-22-19(20-3)21-10-8-15-7-6-14(2)17(12-15)24-4;/h6-7,12-13H,5,8-11H2,1-4H3,(H2,20,21,22);1H. The number of ether oxygens (including phenoxy) is 1. The van der Waals surface area contributed by atoms with Crippen LogP contribution >= 0.6 is 35.3 Å². The van der Waals surface area contributed by atoms with Gasteiger partial charge in [0.2, 0.25) is 0 Å². The number of aliphatic imine (C=N–C) groups is 1. The van der Waals surface area contributed by atoms with Gasteiger partial charge < -0.3 is 15.4 Å². The van der Waals surface area contributed by atoms with Crippen LogP contribution in [0.25, 0.3) is 0 Å². The Bertz CT molecular complexity index is 703. The Balaban J connectivity index is 0.00000338. The largest absolute Gasteiger partial charge is 0.496 e. The van der Waals surface area contributed by atoms with E-state index in [1.165, 1.54) is 15.4 Å². The molecule has 0 atom stereocenters. The van der Waals surface area contributed by atoms with Crippen LogP contribution in [0.15, 0.2) is 29.4 Å². The van der Waals surface area contributed by atoms with Crippen molar-refractivity contribution < 1.29 is 4.74 Å². The number of rotatable bonds is 8. The summed E-state index contributed by atoms with van der Waals surface area (Å²) in [6, 6.07) is 6.34. The number of guanidine groups is 1. The molecule has 1 aromatic carbocycles. The Morgan fingerprint density at radius 1 is 1.23 bits per heavy atom. The predicted molar refractivity (Wildman–Crippen MR) is 121 cm³/mol. The minimum absolute atomic E-state index is 0. The van der Waals surface area contributed by atoms with Crippen LogP contribution in [0.5, 0.6) is 5.75 Å². The number of benzene rings is 1. The van der Waals surface area contributed by atoms with E-state index in [2.05, 4.69) is 52.7 Å². The molecule has 1 aromatic heterocycles. The second-order valence-corrected chi connectivity index (χ2v) is 7.00. The molecule has 0 bridgehead atoms. The lowest BCUT2D eigenvalue weighted by atomic mass is 10.1. The third kappa shape index (κ3) is 7.11. The minimum atomic E-state index is 0. The SMILES string of the molecule is CCc1cnc(CCNC(=NC)NCCc2ccc(C)c(OC)c2)s1.I. The summed E-state index contributed by atoms with van der Waals surface area (Å²) in [5.74, 6) is 1.77. The average molecular weight is 488 g/mol. The summed E-state index contributed by atoms with van der Waals surface area (Å²) in [4.78, 5) is 10.1. The maximum atomic E-state index is 5.38. The Kier molecular flexibility index (Phi) is 10.6. The number of methoxy groups -OCH3 is 1. The molecule has 0 aliphatic rings. The van der Waals surface area contributed by atoms with Gasteiger partial charge in [-0.1, -0.05) is 19.1 Å². The predicted octanol–water partition coefficient (Wildman–Crippen LogP) is 3.59. The fourth-order valence-corrected chi connectivity index (χ4v) is 3.34. The highest BCUT2D eigenvalue weighted by molar-refractivity contribution is 14.0.